The van der Waals surface area contributed by atoms with E-state index in [1.165, 1.54) is 5.56 Å². The summed E-state index contributed by atoms with van der Waals surface area (Å²) in [6.07, 6.45) is 2.83. The minimum Gasteiger partial charge on any atom is -0.460 e. The van der Waals surface area contributed by atoms with Gasteiger partial charge in [0.05, 0.1) is 0 Å². The van der Waals surface area contributed by atoms with Crippen molar-refractivity contribution in [2.75, 3.05) is 19.7 Å². The smallest absolute Gasteiger partial charge is 0.326 e. The molecular weight excluding hydrogens is 252 g/mol. The van der Waals surface area contributed by atoms with Crippen LogP contribution in [0.15, 0.2) is 43.0 Å². The summed E-state index contributed by atoms with van der Waals surface area (Å²) in [5, 5.41) is 0. The zero-order valence-electron chi connectivity index (χ0n) is 11.8. The molecule has 1 aliphatic rings. The molecule has 1 aliphatic heterocycles. The number of rotatable bonds is 5. The van der Waals surface area contributed by atoms with E-state index in [1.807, 2.05) is 18.2 Å². The quantitative estimate of drug-likeness (QED) is 0.656. The van der Waals surface area contributed by atoms with E-state index in [2.05, 4.69) is 23.6 Å². The molecule has 0 radical (unpaired) electrons. The first-order valence-electron chi connectivity index (χ1n) is 6.97. The van der Waals surface area contributed by atoms with Gasteiger partial charge in [-0.05, 0) is 18.4 Å². The largest absolute Gasteiger partial charge is 0.460 e. The molecule has 20 heavy (non-hydrogen) atoms. The maximum absolute atomic E-state index is 11.9. The Kier molecular flexibility index (Phi) is 4.93. The summed E-state index contributed by atoms with van der Waals surface area (Å²) < 4.78 is 5.09. The number of carbonyl (C=O) groups is 1. The molecule has 1 aromatic rings. The van der Waals surface area contributed by atoms with Gasteiger partial charge < -0.3 is 10.5 Å². The molecule has 0 amide bonds. The number of nitrogens with zero attached hydrogens (tertiary/aromatic N) is 1. The number of benzene rings is 1. The summed E-state index contributed by atoms with van der Waals surface area (Å²) in [4.78, 5) is 14.3. The van der Waals surface area contributed by atoms with Crippen molar-refractivity contribution in [3.05, 3.63) is 48.6 Å². The van der Waals surface area contributed by atoms with Crippen molar-refractivity contribution in [3.8, 4) is 0 Å². The topological polar surface area (TPSA) is 55.6 Å². The van der Waals surface area contributed by atoms with Gasteiger partial charge in [-0.25, -0.2) is 0 Å². The lowest BCUT2D eigenvalue weighted by Crippen LogP contribution is -2.56. The molecule has 1 saturated heterocycles. The van der Waals surface area contributed by atoms with Crippen molar-refractivity contribution in [1.82, 2.24) is 4.90 Å². The first-order chi connectivity index (χ1) is 9.64. The molecule has 1 aromatic carbocycles. The van der Waals surface area contributed by atoms with E-state index in [0.717, 1.165) is 19.6 Å². The Hall–Kier alpha value is -1.65. The minimum atomic E-state index is -0.837. The number of ether oxygens (including phenoxy) is 1. The molecule has 0 aliphatic carbocycles. The fraction of sp³-hybridized carbons (Fsp3) is 0.438. The lowest BCUT2D eigenvalue weighted by atomic mass is 9.88. The summed E-state index contributed by atoms with van der Waals surface area (Å²) in [6.45, 7) is 6.29. The summed E-state index contributed by atoms with van der Waals surface area (Å²) in [7, 11) is 0. The molecule has 2 rings (SSSR count). The standard InChI is InChI=1S/C16H22N2O2/c1-2-12-20-15(19)16(17)8-10-18(11-9-16)13-14-6-4-3-5-7-14/h2-7H,1,8-13,17H2. The number of carbonyl (C=O) groups excluding carboxylic acids is 1. The highest BCUT2D eigenvalue weighted by molar-refractivity contribution is 5.80. The molecule has 0 saturated carbocycles. The van der Waals surface area contributed by atoms with E-state index < -0.39 is 5.54 Å². The molecule has 0 unspecified atom stereocenters. The van der Waals surface area contributed by atoms with Gasteiger partial charge >= 0.3 is 5.97 Å². The van der Waals surface area contributed by atoms with Gasteiger partial charge in [0, 0.05) is 19.6 Å². The lowest BCUT2D eigenvalue weighted by Gasteiger charge is -2.37. The van der Waals surface area contributed by atoms with Gasteiger partial charge in [0.1, 0.15) is 12.1 Å². The van der Waals surface area contributed by atoms with Crippen molar-refractivity contribution >= 4 is 5.97 Å². The Bertz CT molecular complexity index is 451. The van der Waals surface area contributed by atoms with E-state index >= 15 is 0 Å². The van der Waals surface area contributed by atoms with Crippen LogP contribution in [-0.4, -0.2) is 36.1 Å². The predicted molar refractivity (Wildman–Crippen MR) is 79.0 cm³/mol. The average Bonchev–Trinajstić information content (AvgIpc) is 2.48. The van der Waals surface area contributed by atoms with E-state index in [0.29, 0.717) is 12.8 Å². The highest BCUT2D eigenvalue weighted by Gasteiger charge is 2.38. The van der Waals surface area contributed by atoms with Crippen LogP contribution in [0.2, 0.25) is 0 Å². The Balaban J connectivity index is 1.85. The minimum absolute atomic E-state index is 0.228. The predicted octanol–water partition coefficient (Wildman–Crippen LogP) is 1.71. The molecule has 1 heterocycles. The molecule has 0 atom stereocenters. The molecule has 0 bridgehead atoms. The number of nitrogens with two attached hydrogens (primary N) is 1. The second-order valence-electron chi connectivity index (χ2n) is 5.31. The third-order valence-corrected chi connectivity index (χ3v) is 3.74. The Morgan fingerprint density at radius 1 is 1.35 bits per heavy atom. The van der Waals surface area contributed by atoms with Crippen LogP contribution in [0.3, 0.4) is 0 Å². The van der Waals surface area contributed by atoms with E-state index in [4.69, 9.17) is 10.5 Å². The molecule has 4 nitrogen and oxygen atoms in total. The SMILES string of the molecule is C=CCOC(=O)C1(N)CCN(Cc2ccccc2)CC1. The van der Waals surface area contributed by atoms with Crippen molar-refractivity contribution in [3.63, 3.8) is 0 Å². The molecule has 2 N–H and O–H groups in total. The Labute approximate surface area is 120 Å². The summed E-state index contributed by atoms with van der Waals surface area (Å²) in [5.41, 5.74) is 6.61. The molecule has 1 fully saturated rings. The summed E-state index contributed by atoms with van der Waals surface area (Å²) in [5.74, 6) is -0.309. The monoisotopic (exact) mass is 274 g/mol. The Morgan fingerprint density at radius 2 is 2.00 bits per heavy atom. The van der Waals surface area contributed by atoms with Crippen LogP contribution in [-0.2, 0) is 16.1 Å². The number of likely N-dealkylation sites (tertiary alicyclic amines) is 1. The fourth-order valence-corrected chi connectivity index (χ4v) is 2.43. The maximum atomic E-state index is 11.9. The summed E-state index contributed by atoms with van der Waals surface area (Å²) in [6, 6.07) is 10.3. The number of hydrogen-bond acceptors (Lipinski definition) is 4. The van der Waals surface area contributed by atoms with Crippen molar-refractivity contribution in [2.24, 2.45) is 5.73 Å². The summed E-state index contributed by atoms with van der Waals surface area (Å²) >= 11 is 0. The van der Waals surface area contributed by atoms with Gasteiger partial charge in [-0.2, -0.15) is 0 Å². The van der Waals surface area contributed by atoms with Crippen LogP contribution in [0.1, 0.15) is 18.4 Å². The Morgan fingerprint density at radius 3 is 2.60 bits per heavy atom. The van der Waals surface area contributed by atoms with Gasteiger partial charge in [0.25, 0.3) is 0 Å². The van der Waals surface area contributed by atoms with Crippen molar-refractivity contribution < 1.29 is 9.53 Å². The molecule has 4 heteroatoms. The van der Waals surface area contributed by atoms with E-state index in [1.54, 1.807) is 6.08 Å². The van der Waals surface area contributed by atoms with E-state index in [9.17, 15) is 4.79 Å². The number of piperidine rings is 1. The number of hydrogen-bond donors (Lipinski definition) is 1. The van der Waals surface area contributed by atoms with Gasteiger partial charge in [0.15, 0.2) is 0 Å². The highest BCUT2D eigenvalue weighted by atomic mass is 16.5. The third-order valence-electron chi connectivity index (χ3n) is 3.74. The number of esters is 1. The fourth-order valence-electron chi connectivity index (χ4n) is 2.43. The van der Waals surface area contributed by atoms with Crippen molar-refractivity contribution in [1.29, 1.82) is 0 Å². The highest BCUT2D eigenvalue weighted by Crippen LogP contribution is 2.22. The zero-order chi connectivity index (χ0) is 14.4. The second kappa shape index (κ2) is 6.68. The van der Waals surface area contributed by atoms with Crippen LogP contribution in [0.5, 0.6) is 0 Å². The lowest BCUT2D eigenvalue weighted by molar-refractivity contribution is -0.150. The van der Waals surface area contributed by atoms with Crippen molar-refractivity contribution in [2.45, 2.75) is 24.9 Å². The maximum Gasteiger partial charge on any atom is 0.326 e. The molecule has 108 valence electrons. The normalized spacial score (nSPS) is 18.4. The molecular formula is C16H22N2O2. The van der Waals surface area contributed by atoms with Crippen LogP contribution in [0, 0.1) is 0 Å². The first kappa shape index (κ1) is 14.8. The molecule has 0 aromatic heterocycles. The van der Waals surface area contributed by atoms with E-state index in [-0.39, 0.29) is 12.6 Å². The third kappa shape index (κ3) is 3.68. The second-order valence-corrected chi connectivity index (χ2v) is 5.31. The van der Waals surface area contributed by atoms with Gasteiger partial charge in [0.2, 0.25) is 0 Å². The van der Waals surface area contributed by atoms with Crippen LogP contribution in [0.4, 0.5) is 0 Å². The average molecular weight is 274 g/mol. The van der Waals surface area contributed by atoms with Crippen LogP contribution >= 0.6 is 0 Å². The van der Waals surface area contributed by atoms with Gasteiger partial charge in [-0.15, -0.1) is 0 Å². The van der Waals surface area contributed by atoms with Gasteiger partial charge in [-0.1, -0.05) is 43.0 Å². The van der Waals surface area contributed by atoms with Crippen LogP contribution in [0.25, 0.3) is 0 Å². The van der Waals surface area contributed by atoms with Gasteiger partial charge in [-0.3, -0.25) is 9.69 Å². The zero-order valence-corrected chi connectivity index (χ0v) is 11.8. The molecule has 0 spiro atoms. The first-order valence-corrected chi connectivity index (χ1v) is 6.97. The van der Waals surface area contributed by atoms with Crippen LogP contribution < -0.4 is 5.73 Å².